The molecule has 2 aromatic rings. The molecule has 0 bridgehead atoms. The molecule has 1 atom stereocenters. The fourth-order valence-electron chi connectivity index (χ4n) is 2.08. The number of rotatable bonds is 11. The van der Waals surface area contributed by atoms with Crippen molar-refractivity contribution in [1.29, 1.82) is 0 Å². The standard InChI is InChI=1S/C19H22ClO7P/c1-16(12-23-19(21)24-15-20)27-28(22,25-13-17-8-4-2-5-9-17)26-14-18-10-6-3-7-11-18/h2-11,16H,12-15H2,1H3. The van der Waals surface area contributed by atoms with Crippen LogP contribution in [0.15, 0.2) is 60.7 Å². The fraction of sp³-hybridized carbons (Fsp3) is 0.316. The van der Waals surface area contributed by atoms with Crippen LogP contribution in [-0.4, -0.2) is 24.9 Å². The van der Waals surface area contributed by atoms with E-state index in [2.05, 4.69) is 4.74 Å². The lowest BCUT2D eigenvalue weighted by molar-refractivity contribution is 0.0172. The summed E-state index contributed by atoms with van der Waals surface area (Å²) < 4.78 is 38.8. The van der Waals surface area contributed by atoms with Crippen LogP contribution in [0.3, 0.4) is 0 Å². The van der Waals surface area contributed by atoms with E-state index >= 15 is 0 Å². The average molecular weight is 429 g/mol. The normalized spacial score (nSPS) is 12.4. The van der Waals surface area contributed by atoms with Gasteiger partial charge in [-0.25, -0.2) is 9.36 Å². The zero-order valence-electron chi connectivity index (χ0n) is 15.4. The van der Waals surface area contributed by atoms with Crippen LogP contribution in [0, 0.1) is 0 Å². The summed E-state index contributed by atoms with van der Waals surface area (Å²) in [5.41, 5.74) is 1.62. The summed E-state index contributed by atoms with van der Waals surface area (Å²) in [6.45, 7) is 1.44. The third-order valence-electron chi connectivity index (χ3n) is 3.38. The summed E-state index contributed by atoms with van der Waals surface area (Å²) in [5.74, 6) is 0. The Labute approximate surface area is 169 Å². The van der Waals surface area contributed by atoms with Gasteiger partial charge < -0.3 is 9.47 Å². The number of carbonyl (C=O) groups excluding carboxylic acids is 1. The highest BCUT2D eigenvalue weighted by Gasteiger charge is 2.30. The van der Waals surface area contributed by atoms with Gasteiger partial charge in [0.15, 0.2) is 6.07 Å². The second-order valence-corrected chi connectivity index (χ2v) is 7.54. The Kier molecular flexibility index (Phi) is 9.47. The monoisotopic (exact) mass is 428 g/mol. The van der Waals surface area contributed by atoms with Crippen molar-refractivity contribution in [2.75, 3.05) is 12.7 Å². The van der Waals surface area contributed by atoms with Crippen molar-refractivity contribution in [1.82, 2.24) is 0 Å². The fourth-order valence-corrected chi connectivity index (χ4v) is 3.48. The van der Waals surface area contributed by atoms with Crippen molar-refractivity contribution in [2.45, 2.75) is 26.2 Å². The maximum atomic E-state index is 13.1. The highest BCUT2D eigenvalue weighted by atomic mass is 35.5. The van der Waals surface area contributed by atoms with E-state index in [0.717, 1.165) is 11.1 Å². The van der Waals surface area contributed by atoms with Crippen LogP contribution in [-0.2, 0) is 40.8 Å². The molecular formula is C19H22ClO7P. The molecule has 0 amide bonds. The van der Waals surface area contributed by atoms with Gasteiger partial charge in [0.25, 0.3) is 0 Å². The molecule has 0 aliphatic heterocycles. The Bertz CT molecular complexity index is 710. The number of hydrogen-bond donors (Lipinski definition) is 0. The van der Waals surface area contributed by atoms with Gasteiger partial charge in [-0.1, -0.05) is 72.3 Å². The van der Waals surface area contributed by atoms with Gasteiger partial charge in [0.2, 0.25) is 0 Å². The maximum absolute atomic E-state index is 13.1. The maximum Gasteiger partial charge on any atom is 0.509 e. The van der Waals surface area contributed by atoms with Crippen LogP contribution >= 0.6 is 19.4 Å². The molecule has 0 fully saturated rings. The van der Waals surface area contributed by atoms with Crippen molar-refractivity contribution >= 4 is 25.6 Å². The van der Waals surface area contributed by atoms with E-state index < -0.39 is 20.1 Å². The third kappa shape index (κ3) is 8.42. The van der Waals surface area contributed by atoms with E-state index in [1.54, 1.807) is 6.92 Å². The van der Waals surface area contributed by atoms with Gasteiger partial charge in [-0.05, 0) is 18.1 Å². The van der Waals surface area contributed by atoms with Gasteiger partial charge in [0.1, 0.15) is 12.7 Å². The number of ether oxygens (including phenoxy) is 2. The summed E-state index contributed by atoms with van der Waals surface area (Å²) in [6, 6.07) is 18.1. The second-order valence-electron chi connectivity index (χ2n) is 5.70. The van der Waals surface area contributed by atoms with E-state index in [9.17, 15) is 9.36 Å². The molecule has 1 unspecified atom stereocenters. The Hall–Kier alpha value is -1.89. The number of alkyl halides is 1. The second kappa shape index (κ2) is 11.8. The molecule has 7 nitrogen and oxygen atoms in total. The van der Waals surface area contributed by atoms with Gasteiger partial charge in [-0.2, -0.15) is 0 Å². The summed E-state index contributed by atoms with van der Waals surface area (Å²) in [7, 11) is -3.94. The molecule has 9 heteroatoms. The summed E-state index contributed by atoms with van der Waals surface area (Å²) >= 11 is 5.28. The predicted molar refractivity (Wildman–Crippen MR) is 104 cm³/mol. The number of phosphoric acid groups is 1. The minimum absolute atomic E-state index is 0.0365. The van der Waals surface area contributed by atoms with Gasteiger partial charge in [0, 0.05) is 0 Å². The molecule has 0 N–H and O–H groups in total. The first-order valence-electron chi connectivity index (χ1n) is 8.51. The molecule has 0 heterocycles. The van der Waals surface area contributed by atoms with Crippen molar-refractivity contribution in [3.05, 3.63) is 71.8 Å². The predicted octanol–water partition coefficient (Wildman–Crippen LogP) is 5.28. The SMILES string of the molecule is CC(COC(=O)OCCl)OP(=O)(OCc1ccccc1)OCc1ccccc1. The molecule has 0 saturated heterocycles. The zero-order valence-corrected chi connectivity index (χ0v) is 17.0. The minimum Gasteiger partial charge on any atom is -0.431 e. The first-order chi connectivity index (χ1) is 13.5. The van der Waals surface area contributed by atoms with Crippen molar-refractivity contribution in [3.63, 3.8) is 0 Å². The van der Waals surface area contributed by atoms with Crippen LogP contribution in [0.25, 0.3) is 0 Å². The number of phosphoric ester groups is 1. The average Bonchev–Trinajstić information content (AvgIpc) is 2.71. The van der Waals surface area contributed by atoms with E-state index in [0.29, 0.717) is 0 Å². The topological polar surface area (TPSA) is 80.3 Å². The van der Waals surface area contributed by atoms with Gasteiger partial charge in [-0.15, -0.1) is 0 Å². The molecular weight excluding hydrogens is 407 g/mol. The molecule has 0 spiro atoms. The Morgan fingerprint density at radius 1 is 0.929 bits per heavy atom. The molecule has 0 aliphatic rings. The van der Waals surface area contributed by atoms with E-state index in [-0.39, 0.29) is 25.9 Å². The number of benzene rings is 2. The van der Waals surface area contributed by atoms with Gasteiger partial charge in [0.05, 0.1) is 13.2 Å². The van der Waals surface area contributed by atoms with Crippen LogP contribution in [0.1, 0.15) is 18.1 Å². The molecule has 2 aromatic carbocycles. The molecule has 28 heavy (non-hydrogen) atoms. The molecule has 2 rings (SSSR count). The largest absolute Gasteiger partial charge is 0.509 e. The Morgan fingerprint density at radius 3 is 1.89 bits per heavy atom. The lowest BCUT2D eigenvalue weighted by atomic mass is 10.2. The zero-order chi connectivity index (χ0) is 20.2. The van der Waals surface area contributed by atoms with E-state index in [1.807, 2.05) is 60.7 Å². The molecule has 0 aliphatic carbocycles. The lowest BCUT2D eigenvalue weighted by Gasteiger charge is -2.21. The summed E-state index contributed by atoms with van der Waals surface area (Å²) in [4.78, 5) is 11.2. The highest BCUT2D eigenvalue weighted by molar-refractivity contribution is 7.48. The summed E-state index contributed by atoms with van der Waals surface area (Å²) in [5, 5.41) is 0. The first kappa shape index (κ1) is 22.4. The van der Waals surface area contributed by atoms with E-state index in [4.69, 9.17) is 29.9 Å². The van der Waals surface area contributed by atoms with Crippen LogP contribution in [0.5, 0.6) is 0 Å². The number of halogens is 1. The van der Waals surface area contributed by atoms with Crippen molar-refractivity contribution < 1.29 is 32.4 Å². The van der Waals surface area contributed by atoms with Gasteiger partial charge >= 0.3 is 14.0 Å². The molecule has 152 valence electrons. The quantitative estimate of drug-likeness (QED) is 0.273. The van der Waals surface area contributed by atoms with E-state index in [1.165, 1.54) is 0 Å². The van der Waals surface area contributed by atoms with Crippen LogP contribution in [0.2, 0.25) is 0 Å². The lowest BCUT2D eigenvalue weighted by Crippen LogP contribution is -2.19. The van der Waals surface area contributed by atoms with Gasteiger partial charge in [-0.3, -0.25) is 13.6 Å². The van der Waals surface area contributed by atoms with Crippen LogP contribution in [0.4, 0.5) is 4.79 Å². The highest BCUT2D eigenvalue weighted by Crippen LogP contribution is 2.52. The number of hydrogen-bond acceptors (Lipinski definition) is 7. The summed E-state index contributed by atoms with van der Waals surface area (Å²) in [6.07, 6.45) is -1.71. The smallest absolute Gasteiger partial charge is 0.431 e. The van der Waals surface area contributed by atoms with Crippen molar-refractivity contribution in [3.8, 4) is 0 Å². The number of carbonyl (C=O) groups is 1. The molecule has 0 aromatic heterocycles. The Balaban J connectivity index is 1.97. The molecule has 0 radical (unpaired) electrons. The third-order valence-corrected chi connectivity index (χ3v) is 5.00. The van der Waals surface area contributed by atoms with Crippen LogP contribution < -0.4 is 0 Å². The first-order valence-corrected chi connectivity index (χ1v) is 10.5. The van der Waals surface area contributed by atoms with Crippen molar-refractivity contribution in [2.24, 2.45) is 0 Å². The Morgan fingerprint density at radius 2 is 1.43 bits per heavy atom. The minimum atomic E-state index is -3.94. The molecule has 0 saturated carbocycles.